The molecule has 5 heteroatoms. The fourth-order valence-electron chi connectivity index (χ4n) is 1.89. The molecule has 1 aromatic heterocycles. The molecule has 0 radical (unpaired) electrons. The molecule has 0 aromatic carbocycles. The van der Waals surface area contributed by atoms with E-state index in [4.69, 9.17) is 0 Å². The Bertz CT molecular complexity index is 416. The van der Waals surface area contributed by atoms with Gasteiger partial charge in [0.15, 0.2) is 0 Å². The maximum Gasteiger partial charge on any atom is 0.261 e. The SMILES string of the molecule is CC(C)CCCC(C)NC(=O)CNC(=O)c1cccs1. The van der Waals surface area contributed by atoms with Gasteiger partial charge in [-0.3, -0.25) is 9.59 Å². The Labute approximate surface area is 125 Å². The first-order valence-electron chi connectivity index (χ1n) is 7.10. The molecule has 1 aromatic rings. The number of nitrogens with one attached hydrogen (secondary N) is 2. The summed E-state index contributed by atoms with van der Waals surface area (Å²) in [4.78, 5) is 24.0. The highest BCUT2D eigenvalue weighted by Crippen LogP contribution is 2.08. The minimum atomic E-state index is -0.192. The van der Waals surface area contributed by atoms with E-state index in [0.29, 0.717) is 10.8 Å². The number of carbonyl (C=O) groups excluding carboxylic acids is 2. The Morgan fingerprint density at radius 1 is 1.25 bits per heavy atom. The zero-order valence-corrected chi connectivity index (χ0v) is 13.3. The molecule has 2 N–H and O–H groups in total. The minimum absolute atomic E-state index is 0.0330. The van der Waals surface area contributed by atoms with Gasteiger partial charge in [0.05, 0.1) is 11.4 Å². The molecule has 1 atom stereocenters. The van der Waals surface area contributed by atoms with E-state index in [0.717, 1.165) is 12.8 Å². The van der Waals surface area contributed by atoms with Crippen molar-refractivity contribution in [1.82, 2.24) is 10.6 Å². The van der Waals surface area contributed by atoms with Crippen LogP contribution in [0.3, 0.4) is 0 Å². The van der Waals surface area contributed by atoms with E-state index in [1.165, 1.54) is 17.8 Å². The first-order chi connectivity index (χ1) is 9.49. The van der Waals surface area contributed by atoms with Crippen LogP contribution in [0.15, 0.2) is 17.5 Å². The molecule has 0 saturated heterocycles. The van der Waals surface area contributed by atoms with Crippen LogP contribution in [0, 0.1) is 5.92 Å². The second kappa shape index (κ2) is 8.74. The highest BCUT2D eigenvalue weighted by atomic mass is 32.1. The van der Waals surface area contributed by atoms with Crippen molar-refractivity contribution in [2.75, 3.05) is 6.54 Å². The van der Waals surface area contributed by atoms with Crippen LogP contribution in [0.1, 0.15) is 49.7 Å². The van der Waals surface area contributed by atoms with Crippen LogP contribution in [0.25, 0.3) is 0 Å². The second-order valence-electron chi connectivity index (χ2n) is 5.45. The van der Waals surface area contributed by atoms with Crippen LogP contribution >= 0.6 is 11.3 Å². The highest BCUT2D eigenvalue weighted by molar-refractivity contribution is 7.12. The smallest absolute Gasteiger partial charge is 0.261 e. The fourth-order valence-corrected chi connectivity index (χ4v) is 2.53. The van der Waals surface area contributed by atoms with Gasteiger partial charge in [-0.15, -0.1) is 11.3 Å². The molecule has 1 unspecified atom stereocenters. The molecule has 4 nitrogen and oxygen atoms in total. The van der Waals surface area contributed by atoms with E-state index in [2.05, 4.69) is 24.5 Å². The van der Waals surface area contributed by atoms with Crippen LogP contribution in [0.2, 0.25) is 0 Å². The van der Waals surface area contributed by atoms with E-state index in [9.17, 15) is 9.59 Å². The molecule has 20 heavy (non-hydrogen) atoms. The van der Waals surface area contributed by atoms with Crippen molar-refractivity contribution < 1.29 is 9.59 Å². The van der Waals surface area contributed by atoms with Gasteiger partial charge in [0.25, 0.3) is 5.91 Å². The van der Waals surface area contributed by atoms with E-state index >= 15 is 0 Å². The molecular formula is C15H24N2O2S. The van der Waals surface area contributed by atoms with Crippen molar-refractivity contribution in [2.24, 2.45) is 5.92 Å². The standard InChI is InChI=1S/C15H24N2O2S/c1-11(2)6-4-7-12(3)17-14(18)10-16-15(19)13-8-5-9-20-13/h5,8-9,11-12H,4,6-7,10H2,1-3H3,(H,16,19)(H,17,18). The Balaban J connectivity index is 2.18. The summed E-state index contributed by atoms with van der Waals surface area (Å²) in [5.41, 5.74) is 0. The van der Waals surface area contributed by atoms with Gasteiger partial charge >= 0.3 is 0 Å². The van der Waals surface area contributed by atoms with Crippen molar-refractivity contribution in [2.45, 2.75) is 46.1 Å². The largest absolute Gasteiger partial charge is 0.352 e. The van der Waals surface area contributed by atoms with Gasteiger partial charge in [0.2, 0.25) is 5.91 Å². The molecule has 1 rings (SSSR count). The predicted octanol–water partition coefficient (Wildman–Crippen LogP) is 2.81. The predicted molar refractivity (Wildman–Crippen MR) is 82.9 cm³/mol. The number of hydrogen-bond acceptors (Lipinski definition) is 3. The molecule has 0 spiro atoms. The highest BCUT2D eigenvalue weighted by Gasteiger charge is 2.10. The first-order valence-corrected chi connectivity index (χ1v) is 7.98. The Hall–Kier alpha value is -1.36. The van der Waals surface area contributed by atoms with Crippen LogP contribution in [0.5, 0.6) is 0 Å². The number of rotatable bonds is 8. The molecule has 0 bridgehead atoms. The number of hydrogen-bond donors (Lipinski definition) is 2. The summed E-state index contributed by atoms with van der Waals surface area (Å²) in [6.45, 7) is 6.43. The van der Waals surface area contributed by atoms with E-state index in [-0.39, 0.29) is 24.4 Å². The molecule has 0 aliphatic rings. The van der Waals surface area contributed by atoms with E-state index in [1.54, 1.807) is 6.07 Å². The quantitative estimate of drug-likeness (QED) is 0.775. The lowest BCUT2D eigenvalue weighted by Gasteiger charge is -2.14. The number of thiophene rings is 1. The lowest BCUT2D eigenvalue weighted by Crippen LogP contribution is -2.40. The van der Waals surface area contributed by atoms with Gasteiger partial charge < -0.3 is 10.6 Å². The normalized spacial score (nSPS) is 12.2. The van der Waals surface area contributed by atoms with Crippen molar-refractivity contribution in [3.05, 3.63) is 22.4 Å². The number of carbonyl (C=O) groups is 2. The topological polar surface area (TPSA) is 58.2 Å². The van der Waals surface area contributed by atoms with Crippen molar-refractivity contribution in [3.8, 4) is 0 Å². The number of amides is 2. The third-order valence-corrected chi connectivity index (χ3v) is 3.85. The summed E-state index contributed by atoms with van der Waals surface area (Å²) in [7, 11) is 0. The first kappa shape index (κ1) is 16.7. The van der Waals surface area contributed by atoms with Gasteiger partial charge in [-0.25, -0.2) is 0 Å². The Morgan fingerprint density at radius 2 is 2.00 bits per heavy atom. The van der Waals surface area contributed by atoms with Gasteiger partial charge in [-0.1, -0.05) is 32.8 Å². The average molecular weight is 296 g/mol. The lowest BCUT2D eigenvalue weighted by atomic mass is 10.0. The minimum Gasteiger partial charge on any atom is -0.352 e. The summed E-state index contributed by atoms with van der Waals surface area (Å²) in [5, 5.41) is 7.37. The van der Waals surface area contributed by atoms with Gasteiger partial charge in [0, 0.05) is 6.04 Å². The monoisotopic (exact) mass is 296 g/mol. The van der Waals surface area contributed by atoms with Gasteiger partial charge in [0.1, 0.15) is 0 Å². The second-order valence-corrected chi connectivity index (χ2v) is 6.40. The molecule has 2 amide bonds. The van der Waals surface area contributed by atoms with E-state index in [1.807, 2.05) is 18.4 Å². The molecule has 0 saturated carbocycles. The van der Waals surface area contributed by atoms with Crippen LogP contribution in [-0.4, -0.2) is 24.4 Å². The van der Waals surface area contributed by atoms with Gasteiger partial charge in [-0.05, 0) is 30.7 Å². The Kier molecular flexibility index (Phi) is 7.30. The van der Waals surface area contributed by atoms with Crippen molar-refractivity contribution in [3.63, 3.8) is 0 Å². The lowest BCUT2D eigenvalue weighted by molar-refractivity contribution is -0.120. The summed E-state index contributed by atoms with van der Waals surface area (Å²) >= 11 is 1.37. The molecule has 0 aliphatic carbocycles. The molecular weight excluding hydrogens is 272 g/mol. The molecule has 112 valence electrons. The van der Waals surface area contributed by atoms with Crippen molar-refractivity contribution >= 4 is 23.2 Å². The van der Waals surface area contributed by atoms with Crippen LogP contribution in [-0.2, 0) is 4.79 Å². The zero-order valence-electron chi connectivity index (χ0n) is 12.4. The molecule has 1 heterocycles. The molecule has 0 aliphatic heterocycles. The van der Waals surface area contributed by atoms with Crippen LogP contribution < -0.4 is 10.6 Å². The molecule has 0 fully saturated rings. The van der Waals surface area contributed by atoms with Crippen LogP contribution in [0.4, 0.5) is 0 Å². The third kappa shape index (κ3) is 6.70. The summed E-state index contributed by atoms with van der Waals surface area (Å²) in [6.07, 6.45) is 3.26. The van der Waals surface area contributed by atoms with E-state index < -0.39 is 0 Å². The van der Waals surface area contributed by atoms with Crippen molar-refractivity contribution in [1.29, 1.82) is 0 Å². The zero-order chi connectivity index (χ0) is 15.0. The summed E-state index contributed by atoms with van der Waals surface area (Å²) < 4.78 is 0. The fraction of sp³-hybridized carbons (Fsp3) is 0.600. The maximum absolute atomic E-state index is 11.7. The summed E-state index contributed by atoms with van der Waals surface area (Å²) in [6, 6.07) is 3.71. The third-order valence-electron chi connectivity index (χ3n) is 2.98. The average Bonchev–Trinajstić information content (AvgIpc) is 2.89. The maximum atomic E-state index is 11.7. The van der Waals surface area contributed by atoms with Gasteiger partial charge in [-0.2, -0.15) is 0 Å². The Morgan fingerprint density at radius 3 is 2.60 bits per heavy atom. The summed E-state index contributed by atoms with van der Waals surface area (Å²) in [5.74, 6) is 0.373.